The second-order valence-corrected chi connectivity index (χ2v) is 11.2. The Bertz CT molecular complexity index is 1430. The van der Waals surface area contributed by atoms with Crippen molar-refractivity contribution in [1.82, 2.24) is 10.2 Å². The van der Waals surface area contributed by atoms with Crippen LogP contribution in [0.15, 0.2) is 24.3 Å². The maximum Gasteiger partial charge on any atom is 0.303 e. The number of nitriles is 1. The topological polar surface area (TPSA) is 162 Å². The van der Waals surface area contributed by atoms with Gasteiger partial charge in [-0.3, -0.25) is 19.8 Å². The minimum Gasteiger partial charge on any atom is -0.493 e. The lowest BCUT2D eigenvalue weighted by Gasteiger charge is -2.26. The first-order valence-electron chi connectivity index (χ1n) is 14.3. The Balaban J connectivity index is 0.00000675. The van der Waals surface area contributed by atoms with Gasteiger partial charge in [-0.05, 0) is 55.0 Å². The Kier molecular flexibility index (Phi) is 13.2. The minimum absolute atomic E-state index is 0. The monoisotopic (exact) mass is 672 g/mol. The minimum atomic E-state index is -0.930. The van der Waals surface area contributed by atoms with Crippen LogP contribution >= 0.6 is 17.0 Å². The molecule has 0 bridgehead atoms. The van der Waals surface area contributed by atoms with Crippen molar-refractivity contribution in [1.29, 1.82) is 10.7 Å². The molecule has 3 rings (SSSR count). The van der Waals surface area contributed by atoms with Crippen molar-refractivity contribution in [2.45, 2.75) is 65.3 Å². The van der Waals surface area contributed by atoms with Gasteiger partial charge in [0.05, 0.1) is 38.0 Å². The Labute approximate surface area is 268 Å². The van der Waals surface area contributed by atoms with Crippen LogP contribution in [0.25, 0.3) is 0 Å². The van der Waals surface area contributed by atoms with Gasteiger partial charge in [-0.15, -0.1) is 17.0 Å². The number of aliphatic carboxylic acids is 1. The van der Waals surface area contributed by atoms with E-state index in [1.54, 1.807) is 29.2 Å². The molecule has 1 aliphatic heterocycles. The number of unbranched alkanes of at least 4 members (excludes halogenated alkanes) is 1. The molecular formula is C32H41BrN4O7. The third kappa shape index (κ3) is 8.95. The van der Waals surface area contributed by atoms with E-state index in [4.69, 9.17) is 30.0 Å². The van der Waals surface area contributed by atoms with E-state index in [0.717, 1.165) is 11.1 Å². The summed E-state index contributed by atoms with van der Waals surface area (Å²) in [5.41, 5.74) is 2.34. The summed E-state index contributed by atoms with van der Waals surface area (Å²) in [6.45, 7) is 8.77. The van der Waals surface area contributed by atoms with Gasteiger partial charge in [-0.2, -0.15) is 5.26 Å². The highest BCUT2D eigenvalue weighted by Gasteiger charge is 2.31. The number of benzene rings is 2. The molecule has 0 atom stereocenters. The Morgan fingerprint density at radius 2 is 1.77 bits per heavy atom. The van der Waals surface area contributed by atoms with Crippen LogP contribution in [-0.2, 0) is 16.8 Å². The Morgan fingerprint density at radius 3 is 2.39 bits per heavy atom. The molecular weight excluding hydrogens is 632 g/mol. The van der Waals surface area contributed by atoms with Gasteiger partial charge in [0.15, 0.2) is 17.3 Å². The molecule has 0 unspecified atom stereocenters. The lowest BCUT2D eigenvalue weighted by atomic mass is 9.84. The molecule has 0 saturated heterocycles. The molecule has 0 saturated carbocycles. The van der Waals surface area contributed by atoms with E-state index in [2.05, 4.69) is 11.4 Å². The second kappa shape index (κ2) is 16.1. The number of ketones is 1. The van der Waals surface area contributed by atoms with E-state index in [-0.39, 0.29) is 67.1 Å². The van der Waals surface area contributed by atoms with Crippen LogP contribution in [0, 0.1) is 16.7 Å². The average molecular weight is 674 g/mol. The van der Waals surface area contributed by atoms with Crippen molar-refractivity contribution in [2.75, 3.05) is 33.4 Å². The zero-order valence-corrected chi connectivity index (χ0v) is 27.6. The molecule has 3 N–H and O–H groups in total. The third-order valence-corrected chi connectivity index (χ3v) is 6.90. The van der Waals surface area contributed by atoms with Crippen LogP contribution in [0.3, 0.4) is 0 Å². The van der Waals surface area contributed by atoms with Crippen LogP contribution < -0.4 is 19.5 Å². The van der Waals surface area contributed by atoms with Crippen molar-refractivity contribution in [3.63, 3.8) is 0 Å². The number of amidine groups is 1. The second-order valence-electron chi connectivity index (χ2n) is 11.2. The average Bonchev–Trinajstić information content (AvgIpc) is 3.25. The van der Waals surface area contributed by atoms with Crippen molar-refractivity contribution >= 4 is 40.5 Å². The number of carbonyl (C=O) groups is 3. The molecule has 0 aromatic heterocycles. The first kappa shape index (κ1) is 36.1. The molecule has 1 aliphatic rings. The number of fused-ring (bicyclic) bond motifs is 1. The van der Waals surface area contributed by atoms with Gasteiger partial charge >= 0.3 is 5.97 Å². The summed E-state index contributed by atoms with van der Waals surface area (Å²) in [5.74, 6) is -0.152. The molecule has 1 heterocycles. The number of hydrogen-bond donors (Lipinski definition) is 3. The molecule has 11 nitrogen and oxygen atoms in total. The summed E-state index contributed by atoms with van der Waals surface area (Å²) in [6.07, 6.45) is 1.06. The molecule has 12 heteroatoms. The molecule has 0 aliphatic carbocycles. The van der Waals surface area contributed by atoms with Gasteiger partial charge in [0, 0.05) is 43.1 Å². The number of halogens is 1. The van der Waals surface area contributed by atoms with Gasteiger partial charge in [-0.25, -0.2) is 0 Å². The van der Waals surface area contributed by atoms with Gasteiger partial charge < -0.3 is 29.5 Å². The number of rotatable bonds is 15. The number of nitrogens with one attached hydrogen (secondary N) is 2. The summed E-state index contributed by atoms with van der Waals surface area (Å²) >= 11 is 0. The highest BCUT2D eigenvalue weighted by Crippen LogP contribution is 2.41. The van der Waals surface area contributed by atoms with Crippen molar-refractivity contribution < 1.29 is 33.7 Å². The fourth-order valence-corrected chi connectivity index (χ4v) is 4.72. The lowest BCUT2D eigenvalue weighted by Crippen LogP contribution is -2.30. The van der Waals surface area contributed by atoms with Gasteiger partial charge in [0.2, 0.25) is 0 Å². The number of carbonyl (C=O) groups excluding carboxylic acids is 2. The van der Waals surface area contributed by atoms with E-state index in [0.29, 0.717) is 59.9 Å². The maximum absolute atomic E-state index is 13.7. The van der Waals surface area contributed by atoms with Gasteiger partial charge in [0.1, 0.15) is 11.6 Å². The quantitative estimate of drug-likeness (QED) is 0.169. The number of carboxylic acid groups (broad SMARTS) is 1. The van der Waals surface area contributed by atoms with E-state index in [1.807, 2.05) is 27.7 Å². The molecule has 1 amide bonds. The highest BCUT2D eigenvalue weighted by molar-refractivity contribution is 8.93. The van der Waals surface area contributed by atoms with Crippen LogP contribution in [0.5, 0.6) is 17.2 Å². The van der Waals surface area contributed by atoms with Crippen molar-refractivity contribution in [3.8, 4) is 23.3 Å². The normalized spacial score (nSPS) is 12.1. The highest BCUT2D eigenvalue weighted by atomic mass is 79.9. The van der Waals surface area contributed by atoms with Crippen molar-refractivity contribution in [2.24, 2.45) is 0 Å². The molecule has 0 radical (unpaired) electrons. The standard InChI is InChI=1S/C32H40N4O7.BrH/c1-6-41-26-16-21-18-36(30(34)22(21)17-23(26)31(40)35-5)19-25(37)20-14-24(32(2,3)4)29(43-12-8-7-11-33)27(15-20)42-13-9-10-28(38)39;/h14-17,34H,6-10,12-13,18-19H2,1-5H3,(H,35,40)(H,38,39);1H. The van der Waals surface area contributed by atoms with Gasteiger partial charge in [0.25, 0.3) is 5.91 Å². The van der Waals surface area contributed by atoms with Gasteiger partial charge in [-0.1, -0.05) is 20.8 Å². The molecule has 2 aromatic rings. The van der Waals surface area contributed by atoms with Crippen molar-refractivity contribution in [3.05, 3.63) is 52.1 Å². The molecule has 44 heavy (non-hydrogen) atoms. The zero-order chi connectivity index (χ0) is 31.7. The van der Waals surface area contributed by atoms with Crippen LogP contribution in [0.4, 0.5) is 0 Å². The zero-order valence-electron chi connectivity index (χ0n) is 25.9. The van der Waals surface area contributed by atoms with E-state index >= 15 is 0 Å². The Morgan fingerprint density at radius 1 is 1.07 bits per heavy atom. The summed E-state index contributed by atoms with van der Waals surface area (Å²) in [4.78, 5) is 38.8. The SMILES string of the molecule is Br.CCOc1cc2c(cc1C(=O)NC)C(=N)N(CC(=O)c1cc(OCCCC(=O)O)c(OCCCC#N)c(C(C)(C)C)c1)C2. The largest absolute Gasteiger partial charge is 0.493 e. The summed E-state index contributed by atoms with van der Waals surface area (Å²) in [5, 5.41) is 29.3. The van der Waals surface area contributed by atoms with E-state index < -0.39 is 11.4 Å². The summed E-state index contributed by atoms with van der Waals surface area (Å²) in [7, 11) is 1.53. The Hall–Kier alpha value is -4.11. The van der Waals surface area contributed by atoms with Crippen LogP contribution in [0.1, 0.15) is 90.8 Å². The van der Waals surface area contributed by atoms with Crippen LogP contribution in [-0.4, -0.2) is 66.9 Å². The maximum atomic E-state index is 13.7. The fourth-order valence-electron chi connectivity index (χ4n) is 4.72. The van der Waals surface area contributed by atoms with E-state index in [1.165, 1.54) is 7.05 Å². The number of carboxylic acids is 1. The first-order chi connectivity index (χ1) is 20.4. The number of amides is 1. The number of ether oxygens (including phenoxy) is 3. The summed E-state index contributed by atoms with van der Waals surface area (Å²) < 4.78 is 17.7. The fraction of sp³-hybridized carbons (Fsp3) is 0.469. The predicted octanol–water partition coefficient (Wildman–Crippen LogP) is 5.27. The first-order valence-corrected chi connectivity index (χ1v) is 14.3. The number of hydrogen-bond acceptors (Lipinski definition) is 8. The van der Waals surface area contributed by atoms with Crippen LogP contribution in [0.2, 0.25) is 0 Å². The number of Topliss-reactive ketones (excluding diaryl/α,β-unsaturated/α-hetero) is 1. The smallest absolute Gasteiger partial charge is 0.303 e. The summed E-state index contributed by atoms with van der Waals surface area (Å²) in [6, 6.07) is 8.85. The molecule has 2 aromatic carbocycles. The van der Waals surface area contributed by atoms with E-state index in [9.17, 15) is 14.4 Å². The molecule has 0 spiro atoms. The molecule has 0 fully saturated rings. The lowest BCUT2D eigenvalue weighted by molar-refractivity contribution is -0.137. The third-order valence-electron chi connectivity index (χ3n) is 6.90. The predicted molar refractivity (Wildman–Crippen MR) is 171 cm³/mol. The molecule has 238 valence electrons. The number of nitrogens with zero attached hydrogens (tertiary/aromatic N) is 2.